The second-order valence-electron chi connectivity index (χ2n) is 6.99. The third kappa shape index (κ3) is 2.92. The molecule has 1 atom stereocenters. The van der Waals surface area contributed by atoms with Crippen LogP contribution in [0.3, 0.4) is 0 Å². The standard InChI is InChI=1S/C21H18N4O3S/c1-11-19-15(12-3-5-13(26)6-4-12)10-18(27)23-20(19)25(24-11)21-22-16-8-7-14(28-2)9-17(16)29-21/h3-9,15,26H,10H2,1-2H3,(H,23,27)/t15-/m1/s1. The smallest absolute Gasteiger partial charge is 0.226 e. The summed E-state index contributed by atoms with van der Waals surface area (Å²) in [4.78, 5) is 17.2. The highest BCUT2D eigenvalue weighted by atomic mass is 32.1. The number of nitrogens with zero attached hydrogens (tertiary/aromatic N) is 3. The van der Waals surface area contributed by atoms with Crippen molar-refractivity contribution in [3.8, 4) is 16.6 Å². The molecule has 3 heterocycles. The van der Waals surface area contributed by atoms with Crippen molar-refractivity contribution in [1.29, 1.82) is 0 Å². The van der Waals surface area contributed by atoms with Gasteiger partial charge >= 0.3 is 0 Å². The summed E-state index contributed by atoms with van der Waals surface area (Å²) < 4.78 is 8.00. The highest BCUT2D eigenvalue weighted by Gasteiger charge is 2.33. The number of benzene rings is 2. The van der Waals surface area contributed by atoms with Crippen molar-refractivity contribution in [2.24, 2.45) is 0 Å². The van der Waals surface area contributed by atoms with Gasteiger partial charge in [-0.2, -0.15) is 9.78 Å². The van der Waals surface area contributed by atoms with Crippen molar-refractivity contribution >= 4 is 33.3 Å². The number of hydrogen-bond acceptors (Lipinski definition) is 6. The van der Waals surface area contributed by atoms with Gasteiger partial charge in [0.25, 0.3) is 0 Å². The number of methoxy groups -OCH3 is 1. The summed E-state index contributed by atoms with van der Waals surface area (Å²) in [5.41, 5.74) is 3.64. The molecule has 7 nitrogen and oxygen atoms in total. The number of hydrogen-bond donors (Lipinski definition) is 2. The zero-order chi connectivity index (χ0) is 20.1. The Kier molecular flexibility index (Phi) is 4.02. The molecule has 0 saturated heterocycles. The SMILES string of the molecule is COc1ccc2nc(-n3nc(C)c4c3NC(=O)C[C@@H]4c3ccc(O)cc3)sc2c1. The zero-order valence-corrected chi connectivity index (χ0v) is 16.7. The molecule has 0 fully saturated rings. The molecule has 29 heavy (non-hydrogen) atoms. The summed E-state index contributed by atoms with van der Waals surface area (Å²) in [5.74, 6) is 1.43. The first-order valence-corrected chi connectivity index (χ1v) is 9.98. The second-order valence-corrected chi connectivity index (χ2v) is 8.00. The van der Waals surface area contributed by atoms with Crippen LogP contribution in [0.15, 0.2) is 42.5 Å². The van der Waals surface area contributed by atoms with E-state index in [0.717, 1.165) is 32.8 Å². The fraction of sp³-hybridized carbons (Fsp3) is 0.190. The Hall–Kier alpha value is -3.39. The minimum absolute atomic E-state index is 0.0699. The number of phenolic OH excluding ortho intramolecular Hbond substituents is 1. The average molecular weight is 406 g/mol. The van der Waals surface area contributed by atoms with Crippen molar-refractivity contribution in [3.05, 3.63) is 59.3 Å². The van der Waals surface area contributed by atoms with E-state index in [1.165, 1.54) is 11.3 Å². The lowest BCUT2D eigenvalue weighted by molar-refractivity contribution is -0.116. The maximum absolute atomic E-state index is 12.5. The third-order valence-corrected chi connectivity index (χ3v) is 6.16. The van der Waals surface area contributed by atoms with Gasteiger partial charge in [-0.25, -0.2) is 4.98 Å². The quantitative estimate of drug-likeness (QED) is 0.537. The number of carbonyl (C=O) groups excluding carboxylic acids is 1. The number of phenols is 1. The van der Waals surface area contributed by atoms with Crippen LogP contribution in [-0.4, -0.2) is 32.9 Å². The first kappa shape index (κ1) is 17.7. The second kappa shape index (κ2) is 6.59. The van der Waals surface area contributed by atoms with Crippen LogP contribution >= 0.6 is 11.3 Å². The Balaban J connectivity index is 1.64. The first-order valence-electron chi connectivity index (χ1n) is 9.16. The van der Waals surface area contributed by atoms with Crippen LogP contribution in [0.1, 0.15) is 29.2 Å². The Morgan fingerprint density at radius 1 is 1.24 bits per heavy atom. The molecule has 2 N–H and O–H groups in total. The van der Waals surface area contributed by atoms with Crippen LogP contribution in [0.25, 0.3) is 15.3 Å². The highest BCUT2D eigenvalue weighted by molar-refractivity contribution is 7.20. The summed E-state index contributed by atoms with van der Waals surface area (Å²) in [6.45, 7) is 1.94. The summed E-state index contributed by atoms with van der Waals surface area (Å²) in [7, 11) is 1.63. The Morgan fingerprint density at radius 3 is 2.79 bits per heavy atom. The molecule has 146 valence electrons. The molecular weight excluding hydrogens is 388 g/mol. The summed E-state index contributed by atoms with van der Waals surface area (Å²) in [6, 6.07) is 12.7. The van der Waals surface area contributed by atoms with E-state index in [4.69, 9.17) is 14.8 Å². The number of fused-ring (bicyclic) bond motifs is 2. The predicted octanol–water partition coefficient (Wildman–Crippen LogP) is 3.98. The number of nitrogens with one attached hydrogen (secondary N) is 1. The Labute approximate surface area is 170 Å². The normalized spacial score (nSPS) is 15.9. The van der Waals surface area contributed by atoms with E-state index in [0.29, 0.717) is 17.4 Å². The lowest BCUT2D eigenvalue weighted by Gasteiger charge is -2.24. The van der Waals surface area contributed by atoms with Crippen LogP contribution in [-0.2, 0) is 4.79 Å². The largest absolute Gasteiger partial charge is 0.508 e. The molecule has 4 aromatic rings. The Bertz CT molecular complexity index is 1240. The zero-order valence-electron chi connectivity index (χ0n) is 15.8. The van der Waals surface area contributed by atoms with Gasteiger partial charge in [0, 0.05) is 17.9 Å². The summed E-state index contributed by atoms with van der Waals surface area (Å²) >= 11 is 1.49. The minimum atomic E-state index is -0.123. The van der Waals surface area contributed by atoms with Gasteiger partial charge in [0.1, 0.15) is 17.3 Å². The van der Waals surface area contributed by atoms with Gasteiger partial charge in [-0.1, -0.05) is 23.5 Å². The van der Waals surface area contributed by atoms with E-state index >= 15 is 0 Å². The fourth-order valence-corrected chi connectivity index (χ4v) is 4.74. The van der Waals surface area contributed by atoms with Crippen molar-refractivity contribution in [3.63, 3.8) is 0 Å². The van der Waals surface area contributed by atoms with E-state index in [1.54, 1.807) is 23.9 Å². The number of anilines is 1. The van der Waals surface area contributed by atoms with Gasteiger partial charge in [-0.3, -0.25) is 4.79 Å². The van der Waals surface area contributed by atoms with Gasteiger partial charge in [0.2, 0.25) is 11.0 Å². The van der Waals surface area contributed by atoms with Crippen molar-refractivity contribution in [2.75, 3.05) is 12.4 Å². The molecule has 0 bridgehead atoms. The van der Waals surface area contributed by atoms with Crippen LogP contribution in [0.2, 0.25) is 0 Å². The van der Waals surface area contributed by atoms with Crippen molar-refractivity contribution in [1.82, 2.24) is 14.8 Å². The topological polar surface area (TPSA) is 89.3 Å². The molecule has 2 aromatic carbocycles. The van der Waals surface area contributed by atoms with Gasteiger partial charge in [-0.15, -0.1) is 0 Å². The van der Waals surface area contributed by atoms with Crippen LogP contribution in [0, 0.1) is 6.92 Å². The van der Waals surface area contributed by atoms with Gasteiger partial charge in [0.05, 0.1) is 23.0 Å². The molecule has 2 aromatic heterocycles. The number of aromatic hydroxyl groups is 1. The van der Waals surface area contributed by atoms with Crippen LogP contribution in [0.4, 0.5) is 5.82 Å². The monoisotopic (exact) mass is 406 g/mol. The maximum Gasteiger partial charge on any atom is 0.226 e. The number of carbonyl (C=O) groups is 1. The number of thiazole rings is 1. The molecular formula is C21H18N4O3S. The van der Waals surface area contributed by atoms with Gasteiger partial charge in [0.15, 0.2) is 0 Å². The molecule has 1 amide bonds. The Morgan fingerprint density at radius 2 is 2.03 bits per heavy atom. The lowest BCUT2D eigenvalue weighted by Crippen LogP contribution is -2.24. The fourth-order valence-electron chi connectivity index (χ4n) is 3.79. The average Bonchev–Trinajstić information content (AvgIpc) is 3.28. The summed E-state index contributed by atoms with van der Waals surface area (Å²) in [6.07, 6.45) is 0.335. The van der Waals surface area contributed by atoms with Gasteiger partial charge < -0.3 is 15.2 Å². The molecule has 1 aliphatic heterocycles. The number of rotatable bonds is 3. The molecule has 0 aliphatic carbocycles. The molecule has 0 unspecified atom stereocenters. The molecule has 0 saturated carbocycles. The maximum atomic E-state index is 12.5. The molecule has 0 radical (unpaired) electrons. The van der Waals surface area contributed by atoms with Crippen molar-refractivity contribution < 1.29 is 14.6 Å². The predicted molar refractivity (Wildman–Crippen MR) is 111 cm³/mol. The van der Waals surface area contributed by atoms with Crippen LogP contribution in [0.5, 0.6) is 11.5 Å². The number of aromatic nitrogens is 3. The van der Waals surface area contributed by atoms with Gasteiger partial charge in [-0.05, 0) is 42.8 Å². The van der Waals surface area contributed by atoms with Crippen LogP contribution < -0.4 is 10.1 Å². The third-order valence-electron chi connectivity index (χ3n) is 5.16. The number of ether oxygens (including phenoxy) is 1. The van der Waals surface area contributed by atoms with E-state index in [-0.39, 0.29) is 17.6 Å². The molecule has 1 aliphatic rings. The van der Waals surface area contributed by atoms with Crippen molar-refractivity contribution in [2.45, 2.75) is 19.3 Å². The minimum Gasteiger partial charge on any atom is -0.508 e. The lowest BCUT2D eigenvalue weighted by atomic mass is 9.86. The van der Waals surface area contributed by atoms with E-state index in [9.17, 15) is 9.90 Å². The number of aryl methyl sites for hydroxylation is 1. The van der Waals surface area contributed by atoms with E-state index in [2.05, 4.69) is 5.32 Å². The number of amides is 1. The molecule has 8 heteroatoms. The van der Waals surface area contributed by atoms with E-state index < -0.39 is 0 Å². The molecule has 5 rings (SSSR count). The highest BCUT2D eigenvalue weighted by Crippen LogP contribution is 2.41. The molecule has 0 spiro atoms. The first-order chi connectivity index (χ1) is 14.0. The summed E-state index contributed by atoms with van der Waals surface area (Å²) in [5, 5.41) is 18.0. The van der Waals surface area contributed by atoms with E-state index in [1.807, 2.05) is 37.3 Å².